The van der Waals surface area contributed by atoms with Crippen molar-refractivity contribution in [1.82, 2.24) is 19.5 Å². The van der Waals surface area contributed by atoms with Crippen molar-refractivity contribution in [3.63, 3.8) is 0 Å². The third-order valence-corrected chi connectivity index (χ3v) is 5.99. The summed E-state index contributed by atoms with van der Waals surface area (Å²) >= 11 is 19.1. The zero-order valence-corrected chi connectivity index (χ0v) is 18.6. The van der Waals surface area contributed by atoms with Crippen LogP contribution in [-0.2, 0) is 6.54 Å². The molecule has 5 rings (SSSR count). The zero-order valence-electron chi connectivity index (χ0n) is 16.3. The Hall–Kier alpha value is -3.19. The summed E-state index contributed by atoms with van der Waals surface area (Å²) in [4.78, 5) is 25.5. The number of fused-ring (bicyclic) bond motifs is 1. The van der Waals surface area contributed by atoms with Gasteiger partial charge < -0.3 is 8.98 Å². The summed E-state index contributed by atoms with van der Waals surface area (Å²) in [5, 5.41) is 2.02. The van der Waals surface area contributed by atoms with Gasteiger partial charge in [0.15, 0.2) is 5.76 Å². The van der Waals surface area contributed by atoms with Gasteiger partial charge >= 0.3 is 0 Å². The maximum atomic E-state index is 13.4. The molecule has 0 saturated heterocycles. The molecule has 6 nitrogen and oxygen atoms in total. The van der Waals surface area contributed by atoms with Gasteiger partial charge in [-0.25, -0.2) is 15.0 Å². The molecule has 0 aliphatic rings. The number of carbonyl (C=O) groups excluding carboxylic acids is 1. The molecule has 0 N–H and O–H groups in total. The number of rotatable bonds is 5. The van der Waals surface area contributed by atoms with E-state index in [-0.39, 0.29) is 11.0 Å². The minimum Gasteiger partial charge on any atom is -0.432 e. The molecule has 3 heterocycles. The fourth-order valence-corrected chi connectivity index (χ4v) is 4.31. The van der Waals surface area contributed by atoms with E-state index < -0.39 is 5.78 Å². The molecule has 158 valence electrons. The molecule has 3 aromatic heterocycles. The fraction of sp³-hybridized carbons (Fsp3) is 0.0435. The van der Waals surface area contributed by atoms with Crippen LogP contribution in [0, 0.1) is 0 Å². The molecule has 0 aliphatic carbocycles. The molecule has 0 fully saturated rings. The van der Waals surface area contributed by atoms with Gasteiger partial charge in [0.25, 0.3) is 11.7 Å². The van der Waals surface area contributed by atoms with E-state index in [0.29, 0.717) is 39.0 Å². The van der Waals surface area contributed by atoms with Gasteiger partial charge in [-0.2, -0.15) is 0 Å². The molecule has 2 aromatic carbocycles. The molecule has 0 spiro atoms. The van der Waals surface area contributed by atoms with Crippen LogP contribution < -0.4 is 0 Å². The van der Waals surface area contributed by atoms with Crippen molar-refractivity contribution < 1.29 is 9.21 Å². The summed E-state index contributed by atoms with van der Waals surface area (Å²) in [6.07, 6.45) is 4.43. The van der Waals surface area contributed by atoms with E-state index in [1.165, 1.54) is 12.5 Å². The Morgan fingerprint density at radius 1 is 1.03 bits per heavy atom. The second kappa shape index (κ2) is 8.39. The number of oxazole rings is 1. The van der Waals surface area contributed by atoms with Crippen molar-refractivity contribution in [1.29, 1.82) is 0 Å². The fourth-order valence-electron chi connectivity index (χ4n) is 3.50. The SMILES string of the molecule is O=C(c1ncc(-c2ccncn2)o1)c1c(Cl)n(Cc2ccc(Cl)cc2Cl)c2ccccc12. The van der Waals surface area contributed by atoms with Crippen LogP contribution in [0.1, 0.15) is 21.8 Å². The first-order chi connectivity index (χ1) is 15.5. The topological polar surface area (TPSA) is 73.8 Å². The number of para-hydroxylation sites is 1. The number of hydrogen-bond donors (Lipinski definition) is 0. The lowest BCUT2D eigenvalue weighted by molar-refractivity contribution is 0.100. The predicted octanol–water partition coefficient (Wildman–Crippen LogP) is 6.33. The molecule has 0 atom stereocenters. The van der Waals surface area contributed by atoms with Gasteiger partial charge in [0.1, 0.15) is 17.2 Å². The summed E-state index contributed by atoms with van der Waals surface area (Å²) in [7, 11) is 0. The highest BCUT2D eigenvalue weighted by Gasteiger charge is 2.26. The summed E-state index contributed by atoms with van der Waals surface area (Å²) < 4.78 is 7.52. The summed E-state index contributed by atoms with van der Waals surface area (Å²) in [5.41, 5.74) is 2.44. The van der Waals surface area contributed by atoms with E-state index >= 15 is 0 Å². The maximum Gasteiger partial charge on any atom is 0.269 e. The third-order valence-electron chi connectivity index (χ3n) is 5.01. The lowest BCUT2D eigenvalue weighted by Crippen LogP contribution is -2.04. The average molecular weight is 484 g/mol. The molecule has 0 unspecified atom stereocenters. The third kappa shape index (κ3) is 3.66. The van der Waals surface area contributed by atoms with Gasteiger partial charge in [0.05, 0.1) is 23.8 Å². The Bertz CT molecular complexity index is 1460. The number of hydrogen-bond acceptors (Lipinski definition) is 5. The first kappa shape index (κ1) is 20.7. The molecular formula is C23H13Cl3N4O2. The van der Waals surface area contributed by atoms with Crippen molar-refractivity contribution in [2.75, 3.05) is 0 Å². The van der Waals surface area contributed by atoms with Crippen molar-refractivity contribution in [2.45, 2.75) is 6.54 Å². The van der Waals surface area contributed by atoms with Crippen LogP contribution in [0.25, 0.3) is 22.4 Å². The molecule has 0 amide bonds. The largest absolute Gasteiger partial charge is 0.432 e. The summed E-state index contributed by atoms with van der Waals surface area (Å²) in [5.74, 6) is -0.135. The van der Waals surface area contributed by atoms with Gasteiger partial charge in [-0.15, -0.1) is 0 Å². The predicted molar refractivity (Wildman–Crippen MR) is 123 cm³/mol. The number of carbonyl (C=O) groups is 1. The van der Waals surface area contributed by atoms with Crippen molar-refractivity contribution in [3.8, 4) is 11.5 Å². The van der Waals surface area contributed by atoms with Crippen LogP contribution in [-0.4, -0.2) is 25.3 Å². The molecule has 0 saturated carbocycles. The van der Waals surface area contributed by atoms with Crippen LogP contribution in [0.5, 0.6) is 0 Å². The van der Waals surface area contributed by atoms with Crippen molar-refractivity contribution in [3.05, 3.63) is 99.5 Å². The Morgan fingerprint density at radius 2 is 1.88 bits per heavy atom. The quantitative estimate of drug-likeness (QED) is 0.273. The summed E-state index contributed by atoms with van der Waals surface area (Å²) in [6.45, 7) is 0.362. The first-order valence-corrected chi connectivity index (χ1v) is 10.6. The van der Waals surface area contributed by atoms with E-state index in [4.69, 9.17) is 39.2 Å². The van der Waals surface area contributed by atoms with Crippen molar-refractivity contribution >= 4 is 51.5 Å². The lowest BCUT2D eigenvalue weighted by atomic mass is 10.1. The normalized spacial score (nSPS) is 11.2. The average Bonchev–Trinajstić information content (AvgIpc) is 3.40. The Balaban J connectivity index is 1.58. The Kier molecular flexibility index (Phi) is 5.43. The smallest absolute Gasteiger partial charge is 0.269 e. The minimum absolute atomic E-state index is 0.0760. The molecular weight excluding hydrogens is 471 g/mol. The number of nitrogens with zero attached hydrogens (tertiary/aromatic N) is 4. The van der Waals surface area contributed by atoms with Gasteiger partial charge in [0, 0.05) is 21.6 Å². The second-order valence-electron chi connectivity index (χ2n) is 6.96. The molecule has 32 heavy (non-hydrogen) atoms. The Labute approximate surface area is 197 Å². The molecule has 5 aromatic rings. The van der Waals surface area contributed by atoms with Crippen LogP contribution in [0.15, 0.2) is 71.7 Å². The maximum absolute atomic E-state index is 13.4. The Morgan fingerprint density at radius 3 is 2.66 bits per heavy atom. The number of ketones is 1. The van der Waals surface area contributed by atoms with E-state index in [2.05, 4.69) is 15.0 Å². The molecule has 9 heteroatoms. The molecule has 0 aliphatic heterocycles. The monoisotopic (exact) mass is 482 g/mol. The van der Waals surface area contributed by atoms with Crippen LogP contribution in [0.3, 0.4) is 0 Å². The van der Waals surface area contributed by atoms with E-state index in [0.717, 1.165) is 11.1 Å². The lowest BCUT2D eigenvalue weighted by Gasteiger charge is -2.09. The van der Waals surface area contributed by atoms with E-state index in [1.807, 2.05) is 34.9 Å². The van der Waals surface area contributed by atoms with Gasteiger partial charge in [-0.3, -0.25) is 4.79 Å². The first-order valence-electron chi connectivity index (χ1n) is 9.50. The van der Waals surface area contributed by atoms with E-state index in [1.54, 1.807) is 24.4 Å². The molecule has 0 radical (unpaired) electrons. The number of halogens is 3. The van der Waals surface area contributed by atoms with Crippen LogP contribution in [0.4, 0.5) is 0 Å². The van der Waals surface area contributed by atoms with E-state index in [9.17, 15) is 4.79 Å². The van der Waals surface area contributed by atoms with Crippen molar-refractivity contribution in [2.24, 2.45) is 0 Å². The van der Waals surface area contributed by atoms with Gasteiger partial charge in [0.2, 0.25) is 0 Å². The summed E-state index contributed by atoms with van der Waals surface area (Å²) in [6, 6.07) is 14.4. The zero-order chi connectivity index (χ0) is 22.2. The van der Waals surface area contributed by atoms with Crippen LogP contribution >= 0.6 is 34.8 Å². The van der Waals surface area contributed by atoms with Gasteiger partial charge in [-0.05, 0) is 29.8 Å². The highest BCUT2D eigenvalue weighted by Crippen LogP contribution is 2.34. The second-order valence-corrected chi connectivity index (χ2v) is 8.16. The highest BCUT2D eigenvalue weighted by atomic mass is 35.5. The molecule has 0 bridgehead atoms. The minimum atomic E-state index is -0.424. The highest BCUT2D eigenvalue weighted by molar-refractivity contribution is 6.37. The number of benzene rings is 2. The van der Waals surface area contributed by atoms with Gasteiger partial charge in [-0.1, -0.05) is 59.1 Å². The number of aromatic nitrogens is 4. The standard InChI is InChI=1S/C23H13Cl3N4O2/c24-14-6-5-13(16(25)9-14)11-30-18-4-2-1-3-15(18)20(22(30)26)21(31)23-28-10-19(32-23)17-7-8-27-12-29-17/h1-10,12H,11H2. The van der Waals surface area contributed by atoms with Crippen LogP contribution in [0.2, 0.25) is 15.2 Å².